The highest BCUT2D eigenvalue weighted by molar-refractivity contribution is 8.34. The van der Waals surface area contributed by atoms with Crippen LogP contribution in [0.15, 0.2) is 46.2 Å². The highest BCUT2D eigenvalue weighted by atomic mass is 32.3. The Kier molecular flexibility index (Phi) is 4.99. The molecule has 0 saturated heterocycles. The normalized spacial score (nSPS) is 20.5. The zero-order valence-electron chi connectivity index (χ0n) is 14.3. The van der Waals surface area contributed by atoms with Gasteiger partial charge in [0.25, 0.3) is 11.4 Å². The molecule has 3 rings (SSSR count). The van der Waals surface area contributed by atoms with Gasteiger partial charge in [0.2, 0.25) is 0 Å². The van der Waals surface area contributed by atoms with Crippen LogP contribution >= 0.6 is 10.3 Å². The van der Waals surface area contributed by atoms with E-state index in [1.807, 2.05) is 0 Å². The molecule has 1 atom stereocenters. The minimum atomic E-state index is -6.85. The highest BCUT2D eigenvalue weighted by Crippen LogP contribution is 2.81. The van der Waals surface area contributed by atoms with Gasteiger partial charge in [0.1, 0.15) is 0 Å². The zero-order chi connectivity index (χ0) is 23.6. The summed E-state index contributed by atoms with van der Waals surface area (Å²) in [5.41, 5.74) is -15.0. The van der Waals surface area contributed by atoms with Gasteiger partial charge in [-0.1, -0.05) is 0 Å². The molecule has 0 bridgehead atoms. The van der Waals surface area contributed by atoms with E-state index >= 15 is 0 Å². The molecule has 168 valence electrons. The summed E-state index contributed by atoms with van der Waals surface area (Å²) >= 11 is 0. The van der Waals surface area contributed by atoms with Crippen LogP contribution in [0.25, 0.3) is 11.1 Å². The fraction of sp³-hybridized carbons (Fsp3) is 0.143. The minimum absolute atomic E-state index is 0.246. The van der Waals surface area contributed by atoms with Gasteiger partial charge in [0.15, 0.2) is 0 Å². The lowest BCUT2D eigenvalue weighted by molar-refractivity contribution is -0.385. The van der Waals surface area contributed by atoms with Gasteiger partial charge in [0.05, 0.1) is 9.85 Å². The van der Waals surface area contributed by atoms with Crippen LogP contribution in [0, 0.1) is 20.2 Å². The van der Waals surface area contributed by atoms with Crippen molar-refractivity contribution < 1.29 is 48.2 Å². The molecular formula is C14H6F6N2O7S2. The molecule has 0 aromatic heterocycles. The van der Waals surface area contributed by atoms with Crippen LogP contribution in [-0.4, -0.2) is 29.3 Å². The molecule has 9 nitrogen and oxygen atoms in total. The average molecular weight is 492 g/mol. The van der Waals surface area contributed by atoms with E-state index in [0.717, 1.165) is 6.07 Å². The Morgan fingerprint density at radius 1 is 0.806 bits per heavy atom. The van der Waals surface area contributed by atoms with Gasteiger partial charge in [-0.05, 0) is 17.7 Å². The molecule has 0 radical (unpaired) electrons. The molecule has 0 N–H and O–H groups in total. The summed E-state index contributed by atoms with van der Waals surface area (Å²) in [5.74, 6) is 0. The predicted molar refractivity (Wildman–Crippen MR) is 91.4 cm³/mol. The van der Waals surface area contributed by atoms with Crippen molar-refractivity contribution in [3.8, 4) is 11.1 Å². The lowest BCUT2D eigenvalue weighted by atomic mass is 10.0. The van der Waals surface area contributed by atoms with Crippen molar-refractivity contribution in [2.45, 2.75) is 20.8 Å². The smallest absolute Gasteiger partial charge is 0.258 e. The quantitative estimate of drug-likeness (QED) is 0.254. The lowest BCUT2D eigenvalue weighted by Crippen LogP contribution is -2.31. The lowest BCUT2D eigenvalue weighted by Gasteiger charge is -2.37. The van der Waals surface area contributed by atoms with Gasteiger partial charge in [-0.2, -0.15) is 38.4 Å². The molecular weight excluding hydrogens is 486 g/mol. The van der Waals surface area contributed by atoms with Crippen LogP contribution in [-0.2, 0) is 13.7 Å². The Labute approximate surface area is 169 Å². The first-order valence-electron chi connectivity index (χ1n) is 7.52. The largest absolute Gasteiger partial charge is 0.523 e. The summed E-state index contributed by atoms with van der Waals surface area (Å²) in [7, 11) is -12.4. The first-order chi connectivity index (χ1) is 14.0. The van der Waals surface area contributed by atoms with Crippen molar-refractivity contribution in [3.05, 3.63) is 56.6 Å². The van der Waals surface area contributed by atoms with E-state index in [4.69, 9.17) is 0 Å². The van der Waals surface area contributed by atoms with Crippen molar-refractivity contribution >= 4 is 31.8 Å². The summed E-state index contributed by atoms with van der Waals surface area (Å²) in [6, 6.07) is 3.22. The standard InChI is InChI=1S/C14H6F6N2O7S2/c15-13(16,17)30(29-31(27,28)14(18,19)20)11-4-2-7(21(23)24)5-10(11)9-3-1-8(22(25)26)6-12(9)30/h1-6H. The zero-order valence-corrected chi connectivity index (χ0v) is 15.9. The van der Waals surface area contributed by atoms with Gasteiger partial charge in [0, 0.05) is 49.9 Å². The molecule has 0 saturated carbocycles. The molecule has 1 aliphatic heterocycles. The Balaban J connectivity index is 2.48. The van der Waals surface area contributed by atoms with E-state index < -0.39 is 73.6 Å². The molecule has 1 heterocycles. The first-order valence-corrected chi connectivity index (χ1v) is 10.5. The Hall–Kier alpha value is -2.92. The fourth-order valence-electron chi connectivity index (χ4n) is 2.83. The number of alkyl halides is 6. The summed E-state index contributed by atoms with van der Waals surface area (Å²) in [5, 5.41) is 22.0. The van der Waals surface area contributed by atoms with Gasteiger partial charge >= 0.3 is 21.1 Å². The number of non-ortho nitro benzene ring substituents is 2. The molecule has 0 fully saturated rings. The van der Waals surface area contributed by atoms with E-state index in [2.05, 4.69) is 3.63 Å². The number of fused-ring (bicyclic) bond motifs is 3. The Bertz CT molecular complexity index is 1230. The third-order valence-corrected chi connectivity index (χ3v) is 8.75. The maximum Gasteiger partial charge on any atom is 0.523 e. The number of rotatable bonds is 4. The maximum absolute atomic E-state index is 14.3. The van der Waals surface area contributed by atoms with Crippen molar-refractivity contribution in [3.63, 3.8) is 0 Å². The van der Waals surface area contributed by atoms with Crippen LogP contribution in [0.2, 0.25) is 0 Å². The molecule has 17 heteroatoms. The van der Waals surface area contributed by atoms with Gasteiger partial charge < -0.3 is 0 Å². The Morgan fingerprint density at radius 2 is 1.32 bits per heavy atom. The third kappa shape index (κ3) is 3.37. The third-order valence-electron chi connectivity index (χ3n) is 4.06. The van der Waals surface area contributed by atoms with E-state index in [-0.39, 0.29) is 6.07 Å². The van der Waals surface area contributed by atoms with Crippen LogP contribution in [0.5, 0.6) is 0 Å². The van der Waals surface area contributed by atoms with Crippen LogP contribution in [0.4, 0.5) is 37.7 Å². The maximum atomic E-state index is 14.3. The molecule has 0 spiro atoms. The molecule has 0 amide bonds. The van der Waals surface area contributed by atoms with Crippen molar-refractivity contribution in [1.29, 1.82) is 0 Å². The summed E-state index contributed by atoms with van der Waals surface area (Å²) < 4.78 is 109. The number of nitro groups is 2. The van der Waals surface area contributed by atoms with Crippen molar-refractivity contribution in [2.24, 2.45) is 0 Å². The molecule has 0 aliphatic carbocycles. The number of benzene rings is 2. The second-order valence-electron chi connectivity index (χ2n) is 5.84. The van der Waals surface area contributed by atoms with E-state index in [9.17, 15) is 55.0 Å². The molecule has 2 aromatic carbocycles. The first kappa shape index (κ1) is 22.8. The van der Waals surface area contributed by atoms with Gasteiger partial charge in [-0.3, -0.25) is 20.2 Å². The summed E-state index contributed by atoms with van der Waals surface area (Å²) in [6.07, 6.45) is 0. The van der Waals surface area contributed by atoms with Gasteiger partial charge in [-0.15, -0.1) is 0 Å². The van der Waals surface area contributed by atoms with Crippen LogP contribution in [0.1, 0.15) is 0 Å². The second-order valence-corrected chi connectivity index (χ2v) is 10.2. The Morgan fingerprint density at radius 3 is 1.81 bits per heavy atom. The summed E-state index contributed by atoms with van der Waals surface area (Å²) in [4.78, 5) is 17.5. The van der Waals surface area contributed by atoms with Crippen molar-refractivity contribution in [1.82, 2.24) is 0 Å². The molecule has 2 aromatic rings. The van der Waals surface area contributed by atoms with Crippen LogP contribution in [0.3, 0.4) is 0 Å². The molecule has 31 heavy (non-hydrogen) atoms. The molecule has 1 unspecified atom stereocenters. The van der Waals surface area contributed by atoms with E-state index in [0.29, 0.717) is 24.3 Å². The van der Waals surface area contributed by atoms with E-state index in [1.165, 1.54) is 0 Å². The number of halogens is 6. The van der Waals surface area contributed by atoms with E-state index in [1.54, 1.807) is 0 Å². The minimum Gasteiger partial charge on any atom is -0.258 e. The highest BCUT2D eigenvalue weighted by Gasteiger charge is 2.65. The average Bonchev–Trinajstić information content (AvgIpc) is 2.90. The number of nitro benzene ring substituents is 2. The van der Waals surface area contributed by atoms with Crippen molar-refractivity contribution in [2.75, 3.05) is 0 Å². The SMILES string of the molecule is O=[N+]([O-])c1ccc2c(c1)-c1ccc([N+](=O)[O-])cc1S2(OS(=O)(=O)C(F)(F)F)C(F)(F)F. The molecule has 1 aliphatic rings. The van der Waals surface area contributed by atoms with Crippen LogP contribution < -0.4 is 0 Å². The predicted octanol–water partition coefficient (Wildman–Crippen LogP) is 5.01. The second kappa shape index (κ2) is 6.79. The summed E-state index contributed by atoms with van der Waals surface area (Å²) in [6.45, 7) is 0. The number of hydrogen-bond acceptors (Lipinski definition) is 7. The fourth-order valence-corrected chi connectivity index (χ4v) is 7.36. The number of hydrogen-bond donors (Lipinski definition) is 0. The topological polar surface area (TPSA) is 130 Å². The van der Waals surface area contributed by atoms with Gasteiger partial charge in [-0.25, -0.2) is 0 Å². The monoisotopic (exact) mass is 492 g/mol. The number of nitrogens with zero attached hydrogens (tertiary/aromatic N) is 2.